The molecular weight excluding hydrogens is 332 g/mol. The van der Waals surface area contributed by atoms with Gasteiger partial charge >= 0.3 is 0 Å². The van der Waals surface area contributed by atoms with E-state index in [0.29, 0.717) is 29.2 Å². The van der Waals surface area contributed by atoms with E-state index in [9.17, 15) is 14.4 Å². The van der Waals surface area contributed by atoms with Crippen molar-refractivity contribution in [3.05, 3.63) is 59.2 Å². The number of imide groups is 1. The summed E-state index contributed by atoms with van der Waals surface area (Å²) in [5, 5.41) is 2.77. The molecule has 1 heterocycles. The molecule has 6 nitrogen and oxygen atoms in total. The predicted octanol–water partition coefficient (Wildman–Crippen LogP) is 3.02. The number of ether oxygens (including phenoxy) is 1. The Morgan fingerprint density at radius 2 is 1.69 bits per heavy atom. The smallest absolute Gasteiger partial charge is 0.266 e. The Kier molecular flexibility index (Phi) is 4.75. The summed E-state index contributed by atoms with van der Waals surface area (Å²) in [6.07, 6.45) is 0. The lowest BCUT2D eigenvalue weighted by atomic mass is 10.1. The molecule has 0 aromatic heterocycles. The minimum absolute atomic E-state index is 0.0200. The minimum atomic E-state index is -0.437. The first-order valence-corrected chi connectivity index (χ1v) is 8.49. The summed E-state index contributed by atoms with van der Waals surface area (Å²) in [5.74, 6) is -0.443. The van der Waals surface area contributed by atoms with Crippen LogP contribution < -0.4 is 15.0 Å². The van der Waals surface area contributed by atoms with Crippen molar-refractivity contribution >= 4 is 23.4 Å². The van der Waals surface area contributed by atoms with E-state index in [1.807, 2.05) is 20.8 Å². The van der Waals surface area contributed by atoms with Gasteiger partial charge in [-0.2, -0.15) is 0 Å². The van der Waals surface area contributed by atoms with E-state index in [0.717, 1.165) is 4.90 Å². The minimum Gasteiger partial charge on any atom is -0.494 e. The molecule has 0 saturated carbocycles. The predicted molar refractivity (Wildman–Crippen MR) is 97.8 cm³/mol. The highest BCUT2D eigenvalue weighted by Gasteiger charge is 2.37. The van der Waals surface area contributed by atoms with Crippen LogP contribution in [0.2, 0.25) is 0 Å². The van der Waals surface area contributed by atoms with E-state index < -0.39 is 11.8 Å². The molecule has 0 radical (unpaired) electrons. The highest BCUT2D eigenvalue weighted by atomic mass is 16.5. The first-order valence-electron chi connectivity index (χ1n) is 8.49. The van der Waals surface area contributed by atoms with Crippen LogP contribution in [0.5, 0.6) is 5.75 Å². The molecule has 0 unspecified atom stereocenters. The SMILES string of the molecule is CCOc1ccc(N2C(=O)c3ccc(C(=O)NC(C)C)cc3C2=O)cc1. The third-order valence-corrected chi connectivity index (χ3v) is 3.97. The number of anilines is 1. The Bertz CT molecular complexity index is 872. The molecular formula is C20H20N2O4. The number of fused-ring (bicyclic) bond motifs is 1. The monoisotopic (exact) mass is 352 g/mol. The molecule has 6 heteroatoms. The molecule has 0 spiro atoms. The highest BCUT2D eigenvalue weighted by molar-refractivity contribution is 6.34. The van der Waals surface area contributed by atoms with Gasteiger partial charge < -0.3 is 10.1 Å². The number of nitrogens with one attached hydrogen (secondary N) is 1. The van der Waals surface area contributed by atoms with Crippen LogP contribution in [0.1, 0.15) is 51.8 Å². The third-order valence-electron chi connectivity index (χ3n) is 3.97. The summed E-state index contributed by atoms with van der Waals surface area (Å²) in [4.78, 5) is 38.7. The second-order valence-corrected chi connectivity index (χ2v) is 6.26. The topological polar surface area (TPSA) is 75.7 Å². The number of rotatable bonds is 5. The molecule has 3 amide bonds. The zero-order valence-corrected chi connectivity index (χ0v) is 14.9. The van der Waals surface area contributed by atoms with Gasteiger partial charge in [0.05, 0.1) is 23.4 Å². The number of benzene rings is 2. The molecule has 0 aliphatic carbocycles. The average molecular weight is 352 g/mol. The number of hydrogen-bond acceptors (Lipinski definition) is 4. The van der Waals surface area contributed by atoms with E-state index in [1.54, 1.807) is 30.3 Å². The van der Waals surface area contributed by atoms with E-state index in [-0.39, 0.29) is 17.5 Å². The van der Waals surface area contributed by atoms with Crippen molar-refractivity contribution in [1.82, 2.24) is 5.32 Å². The van der Waals surface area contributed by atoms with Gasteiger partial charge in [-0.15, -0.1) is 0 Å². The fourth-order valence-electron chi connectivity index (χ4n) is 2.82. The van der Waals surface area contributed by atoms with Gasteiger partial charge in [0.2, 0.25) is 0 Å². The maximum Gasteiger partial charge on any atom is 0.266 e. The van der Waals surface area contributed by atoms with Crippen molar-refractivity contribution in [2.75, 3.05) is 11.5 Å². The molecule has 1 aliphatic rings. The number of carbonyl (C=O) groups excluding carboxylic acids is 3. The fraction of sp³-hybridized carbons (Fsp3) is 0.250. The van der Waals surface area contributed by atoms with Gasteiger partial charge in [-0.05, 0) is 63.2 Å². The number of nitrogens with zero attached hydrogens (tertiary/aromatic N) is 1. The second-order valence-electron chi connectivity index (χ2n) is 6.26. The van der Waals surface area contributed by atoms with Crippen molar-refractivity contribution < 1.29 is 19.1 Å². The van der Waals surface area contributed by atoms with Gasteiger partial charge in [-0.3, -0.25) is 14.4 Å². The Morgan fingerprint density at radius 3 is 2.31 bits per heavy atom. The zero-order chi connectivity index (χ0) is 18.8. The van der Waals surface area contributed by atoms with Gasteiger partial charge in [0.15, 0.2) is 0 Å². The van der Waals surface area contributed by atoms with Crippen LogP contribution in [0.25, 0.3) is 0 Å². The molecule has 1 aliphatic heterocycles. The Hall–Kier alpha value is -3.15. The number of carbonyl (C=O) groups is 3. The van der Waals surface area contributed by atoms with Crippen molar-refractivity contribution in [3.8, 4) is 5.75 Å². The van der Waals surface area contributed by atoms with Gasteiger partial charge in [-0.25, -0.2) is 4.90 Å². The van der Waals surface area contributed by atoms with E-state index in [2.05, 4.69) is 5.32 Å². The van der Waals surface area contributed by atoms with Crippen molar-refractivity contribution in [2.24, 2.45) is 0 Å². The second kappa shape index (κ2) is 7.00. The lowest BCUT2D eigenvalue weighted by Crippen LogP contribution is -2.30. The molecule has 26 heavy (non-hydrogen) atoms. The van der Waals surface area contributed by atoms with Crippen molar-refractivity contribution in [2.45, 2.75) is 26.8 Å². The van der Waals surface area contributed by atoms with Crippen LogP contribution in [-0.4, -0.2) is 30.4 Å². The van der Waals surface area contributed by atoms with Crippen LogP contribution in [0.4, 0.5) is 5.69 Å². The number of amides is 3. The highest BCUT2D eigenvalue weighted by Crippen LogP contribution is 2.30. The van der Waals surface area contributed by atoms with Crippen LogP contribution in [0.3, 0.4) is 0 Å². The Balaban J connectivity index is 1.91. The first kappa shape index (κ1) is 17.7. The van der Waals surface area contributed by atoms with E-state index in [1.165, 1.54) is 12.1 Å². The van der Waals surface area contributed by atoms with E-state index in [4.69, 9.17) is 4.74 Å². The summed E-state index contributed by atoms with van der Waals surface area (Å²) in [6, 6.07) is 11.3. The van der Waals surface area contributed by atoms with E-state index >= 15 is 0 Å². The molecule has 2 aromatic rings. The summed E-state index contributed by atoms with van der Waals surface area (Å²) < 4.78 is 5.38. The first-order chi connectivity index (χ1) is 12.4. The van der Waals surface area contributed by atoms with Crippen molar-refractivity contribution in [3.63, 3.8) is 0 Å². The maximum absolute atomic E-state index is 12.8. The zero-order valence-electron chi connectivity index (χ0n) is 14.9. The Morgan fingerprint density at radius 1 is 1.04 bits per heavy atom. The summed E-state index contributed by atoms with van der Waals surface area (Å²) >= 11 is 0. The van der Waals surface area contributed by atoms with Gasteiger partial charge in [0, 0.05) is 11.6 Å². The van der Waals surface area contributed by atoms with Crippen LogP contribution in [0, 0.1) is 0 Å². The number of hydrogen-bond donors (Lipinski definition) is 1. The fourth-order valence-corrected chi connectivity index (χ4v) is 2.82. The van der Waals surface area contributed by atoms with Gasteiger partial charge in [0.1, 0.15) is 5.75 Å². The average Bonchev–Trinajstić information content (AvgIpc) is 2.86. The summed E-state index contributed by atoms with van der Waals surface area (Å²) in [6.45, 7) is 6.12. The molecule has 1 N–H and O–H groups in total. The normalized spacial score (nSPS) is 13.2. The summed E-state index contributed by atoms with van der Waals surface area (Å²) in [7, 11) is 0. The summed E-state index contributed by atoms with van der Waals surface area (Å²) in [5.41, 5.74) is 1.35. The maximum atomic E-state index is 12.8. The van der Waals surface area contributed by atoms with Gasteiger partial charge in [-0.1, -0.05) is 0 Å². The van der Waals surface area contributed by atoms with Crippen LogP contribution in [-0.2, 0) is 0 Å². The molecule has 0 fully saturated rings. The molecule has 134 valence electrons. The van der Waals surface area contributed by atoms with Gasteiger partial charge in [0.25, 0.3) is 17.7 Å². The van der Waals surface area contributed by atoms with Crippen molar-refractivity contribution in [1.29, 1.82) is 0 Å². The molecule has 0 saturated heterocycles. The molecule has 3 rings (SSSR count). The largest absolute Gasteiger partial charge is 0.494 e. The van der Waals surface area contributed by atoms with Crippen LogP contribution >= 0.6 is 0 Å². The standard InChI is InChI=1S/C20H20N2O4/c1-4-26-15-8-6-14(7-9-15)22-19(24)16-10-5-13(11-17(16)20(22)25)18(23)21-12(2)3/h5-12H,4H2,1-3H3,(H,21,23). The molecule has 0 bridgehead atoms. The lowest BCUT2D eigenvalue weighted by molar-refractivity contribution is 0.0922. The lowest BCUT2D eigenvalue weighted by Gasteiger charge is -2.14. The molecule has 0 atom stereocenters. The third kappa shape index (κ3) is 3.18. The molecule has 2 aromatic carbocycles. The Labute approximate surface area is 151 Å². The quantitative estimate of drug-likeness (QED) is 0.839. The van der Waals surface area contributed by atoms with Crippen LogP contribution in [0.15, 0.2) is 42.5 Å².